The second-order valence-electron chi connectivity index (χ2n) is 7.35. The molecular formula is C15H17N3O2. The fourth-order valence-corrected chi connectivity index (χ4v) is 6.10. The molecule has 20 heavy (non-hydrogen) atoms. The van der Waals surface area contributed by atoms with E-state index >= 15 is 0 Å². The summed E-state index contributed by atoms with van der Waals surface area (Å²) in [5, 5.41) is 0. The first-order valence-electron chi connectivity index (χ1n) is 7.82. The molecule has 0 N–H and O–H groups in total. The van der Waals surface area contributed by atoms with Crippen molar-refractivity contribution in [2.45, 2.75) is 37.8 Å². The van der Waals surface area contributed by atoms with Gasteiger partial charge in [-0.05, 0) is 54.1 Å². The summed E-state index contributed by atoms with van der Waals surface area (Å²) in [6, 6.07) is 0.400. The minimum Gasteiger partial charge on any atom is -0.246 e. The third-order valence-electron chi connectivity index (χ3n) is 6.80. The average molecular weight is 271 g/mol. The molecule has 0 amide bonds. The van der Waals surface area contributed by atoms with Crippen molar-refractivity contribution in [3.8, 4) is 0 Å². The fraction of sp³-hybridized carbons (Fsp3) is 0.733. The summed E-state index contributed by atoms with van der Waals surface area (Å²) in [7, 11) is 1.60. The third-order valence-corrected chi connectivity index (χ3v) is 6.80. The van der Waals surface area contributed by atoms with Crippen molar-refractivity contribution in [3.63, 3.8) is 0 Å². The summed E-state index contributed by atoms with van der Waals surface area (Å²) in [6.45, 7) is 0. The molecule has 0 radical (unpaired) electrons. The summed E-state index contributed by atoms with van der Waals surface area (Å²) in [4.78, 5) is 24.7. The number of hydrogen-bond donors (Lipinski definition) is 0. The largest absolute Gasteiger partial charge is 0.347 e. The predicted octanol–water partition coefficient (Wildman–Crippen LogP) is 0.820. The highest BCUT2D eigenvalue weighted by atomic mass is 16.2. The number of allylic oxidation sites excluding steroid dienone is 2. The van der Waals surface area contributed by atoms with Gasteiger partial charge in [0.1, 0.15) is 0 Å². The molecule has 5 aliphatic carbocycles. The van der Waals surface area contributed by atoms with Gasteiger partial charge in [0.05, 0.1) is 12.1 Å². The molecule has 5 heteroatoms. The number of aromatic nitrogens is 3. The van der Waals surface area contributed by atoms with Gasteiger partial charge in [0, 0.05) is 13.5 Å². The van der Waals surface area contributed by atoms with E-state index in [1.54, 1.807) is 27.6 Å². The van der Waals surface area contributed by atoms with Gasteiger partial charge in [-0.3, -0.25) is 0 Å². The van der Waals surface area contributed by atoms with Crippen LogP contribution in [-0.4, -0.2) is 13.9 Å². The Morgan fingerprint density at radius 3 is 1.85 bits per heavy atom. The molecule has 2 fully saturated rings. The van der Waals surface area contributed by atoms with Crippen molar-refractivity contribution in [1.82, 2.24) is 13.9 Å². The van der Waals surface area contributed by atoms with Crippen LogP contribution < -0.4 is 11.4 Å². The van der Waals surface area contributed by atoms with Gasteiger partial charge in [-0.1, -0.05) is 0 Å². The van der Waals surface area contributed by atoms with Gasteiger partial charge in [0.2, 0.25) is 0 Å². The quantitative estimate of drug-likeness (QED) is 0.656. The molecular weight excluding hydrogens is 254 g/mol. The van der Waals surface area contributed by atoms with E-state index in [2.05, 4.69) is 0 Å². The normalized spacial score (nSPS) is 45.6. The zero-order valence-electron chi connectivity index (χ0n) is 11.5. The average Bonchev–Trinajstić information content (AvgIpc) is 3.03. The molecule has 0 saturated heterocycles. The van der Waals surface area contributed by atoms with Crippen LogP contribution in [0, 0.1) is 23.7 Å². The zero-order valence-corrected chi connectivity index (χ0v) is 11.5. The van der Waals surface area contributed by atoms with E-state index in [0.717, 1.165) is 30.1 Å². The van der Waals surface area contributed by atoms with Gasteiger partial charge in [-0.15, -0.1) is 0 Å². The van der Waals surface area contributed by atoms with Crippen molar-refractivity contribution in [2.24, 2.45) is 30.7 Å². The number of nitrogens with zero attached hydrogens (tertiary/aromatic N) is 3. The molecule has 0 aromatic carbocycles. The Morgan fingerprint density at radius 2 is 1.35 bits per heavy atom. The lowest BCUT2D eigenvalue weighted by atomic mass is 9.66. The SMILES string of the molecule is Cn1c(=O)n2n(c1=O)[C@H]1C[C@@H]2C2=C1[C@@H]1CC[C@H]2[C@H]2C[C@H]21. The second-order valence-corrected chi connectivity index (χ2v) is 7.35. The first-order chi connectivity index (χ1) is 9.68. The third kappa shape index (κ3) is 0.818. The molecule has 2 heterocycles. The molecule has 0 spiro atoms. The van der Waals surface area contributed by atoms with Crippen LogP contribution in [0.2, 0.25) is 0 Å². The van der Waals surface area contributed by atoms with Gasteiger partial charge in [0.25, 0.3) is 0 Å². The molecule has 1 aliphatic heterocycles. The summed E-state index contributed by atoms with van der Waals surface area (Å²) in [6.07, 6.45) is 5.01. The molecule has 6 atom stereocenters. The predicted molar refractivity (Wildman–Crippen MR) is 71.5 cm³/mol. The standard InChI is InChI=1S/C15H17N3O2/c1-16-14(19)17-10-5-11(18(17)15(16)20)13-7-3-2-6(12(10)13)8-4-9(7)8/h6-11H,2-5H2,1H3/t6-,7+,8+,9-,10+,11-. The van der Waals surface area contributed by atoms with Gasteiger partial charge in [-0.25, -0.2) is 23.5 Å². The van der Waals surface area contributed by atoms with Crippen molar-refractivity contribution >= 4 is 0 Å². The van der Waals surface area contributed by atoms with E-state index in [1.165, 1.54) is 23.8 Å². The minimum atomic E-state index is -0.122. The van der Waals surface area contributed by atoms with E-state index in [0.29, 0.717) is 0 Å². The molecule has 1 aromatic rings. The van der Waals surface area contributed by atoms with Crippen molar-refractivity contribution in [2.75, 3.05) is 0 Å². The summed E-state index contributed by atoms with van der Waals surface area (Å²) in [5.74, 6) is 3.27. The van der Waals surface area contributed by atoms with Crippen LogP contribution in [0.3, 0.4) is 0 Å². The van der Waals surface area contributed by atoms with Crippen LogP contribution in [0.4, 0.5) is 0 Å². The number of fused-ring (bicyclic) bond motifs is 6. The Kier molecular flexibility index (Phi) is 1.41. The molecule has 7 rings (SSSR count). The molecule has 0 unspecified atom stereocenters. The van der Waals surface area contributed by atoms with Crippen LogP contribution in [0.25, 0.3) is 0 Å². The van der Waals surface area contributed by atoms with Crippen LogP contribution >= 0.6 is 0 Å². The first-order valence-corrected chi connectivity index (χ1v) is 7.82. The van der Waals surface area contributed by atoms with E-state index < -0.39 is 0 Å². The Balaban J connectivity index is 1.66. The maximum Gasteiger partial charge on any atom is 0.347 e. The lowest BCUT2D eigenvalue weighted by Gasteiger charge is -2.42. The number of rotatable bonds is 0. The maximum absolute atomic E-state index is 12.3. The number of hydrogen-bond acceptors (Lipinski definition) is 2. The Morgan fingerprint density at radius 1 is 0.850 bits per heavy atom. The van der Waals surface area contributed by atoms with Crippen LogP contribution in [-0.2, 0) is 7.05 Å². The second kappa shape index (κ2) is 2.76. The van der Waals surface area contributed by atoms with E-state index in [4.69, 9.17) is 0 Å². The summed E-state index contributed by atoms with van der Waals surface area (Å²) < 4.78 is 4.81. The highest BCUT2D eigenvalue weighted by Crippen LogP contribution is 2.70. The molecule has 4 bridgehead atoms. The molecule has 1 aromatic heterocycles. The van der Waals surface area contributed by atoms with Gasteiger partial charge < -0.3 is 0 Å². The smallest absolute Gasteiger partial charge is 0.246 e. The molecule has 6 aliphatic rings. The topological polar surface area (TPSA) is 48.9 Å². The van der Waals surface area contributed by atoms with E-state index in [-0.39, 0.29) is 23.5 Å². The van der Waals surface area contributed by atoms with Crippen LogP contribution in [0.1, 0.15) is 37.8 Å². The van der Waals surface area contributed by atoms with Crippen LogP contribution in [0.15, 0.2) is 20.7 Å². The monoisotopic (exact) mass is 271 g/mol. The van der Waals surface area contributed by atoms with E-state index in [1.807, 2.05) is 0 Å². The van der Waals surface area contributed by atoms with Crippen LogP contribution in [0.5, 0.6) is 0 Å². The summed E-state index contributed by atoms with van der Waals surface area (Å²) in [5.41, 5.74) is 2.92. The minimum absolute atomic E-state index is 0.122. The lowest BCUT2D eigenvalue weighted by molar-refractivity contribution is 0.239. The first kappa shape index (κ1) is 10.2. The summed E-state index contributed by atoms with van der Waals surface area (Å²) >= 11 is 0. The maximum atomic E-state index is 12.3. The lowest BCUT2D eigenvalue weighted by Crippen LogP contribution is -2.38. The van der Waals surface area contributed by atoms with Gasteiger partial charge >= 0.3 is 11.4 Å². The molecule has 5 nitrogen and oxygen atoms in total. The molecule has 104 valence electrons. The Bertz CT molecular complexity index is 760. The fourth-order valence-electron chi connectivity index (χ4n) is 6.10. The van der Waals surface area contributed by atoms with E-state index in [9.17, 15) is 9.59 Å². The van der Waals surface area contributed by atoms with Crippen molar-refractivity contribution < 1.29 is 0 Å². The van der Waals surface area contributed by atoms with Crippen molar-refractivity contribution in [1.29, 1.82) is 0 Å². The highest BCUT2D eigenvalue weighted by Gasteiger charge is 2.63. The highest BCUT2D eigenvalue weighted by molar-refractivity contribution is 5.43. The van der Waals surface area contributed by atoms with Crippen molar-refractivity contribution in [3.05, 3.63) is 32.1 Å². The Hall–Kier alpha value is -1.52. The Labute approximate surface area is 115 Å². The van der Waals surface area contributed by atoms with Gasteiger partial charge in [0.15, 0.2) is 0 Å². The zero-order chi connectivity index (χ0) is 13.3. The molecule has 2 saturated carbocycles. The van der Waals surface area contributed by atoms with Gasteiger partial charge in [-0.2, -0.15) is 0 Å².